The highest BCUT2D eigenvalue weighted by atomic mass is 32.1. The van der Waals surface area contributed by atoms with E-state index in [0.29, 0.717) is 12.2 Å². The molecule has 31 heavy (non-hydrogen) atoms. The van der Waals surface area contributed by atoms with Crippen LogP contribution < -0.4 is 5.32 Å². The van der Waals surface area contributed by atoms with Crippen LogP contribution in [0.4, 0.5) is 0 Å². The first kappa shape index (κ1) is 21.7. The zero-order valence-corrected chi connectivity index (χ0v) is 19.2. The topological polar surface area (TPSA) is 72.3 Å². The van der Waals surface area contributed by atoms with E-state index in [4.69, 9.17) is 4.74 Å². The molecule has 1 fully saturated rings. The summed E-state index contributed by atoms with van der Waals surface area (Å²) in [6.45, 7) is 10.8. The van der Waals surface area contributed by atoms with E-state index in [1.807, 2.05) is 41.2 Å². The molecule has 0 unspecified atom stereocenters. The highest BCUT2D eigenvalue weighted by molar-refractivity contribution is 7.13. The van der Waals surface area contributed by atoms with E-state index in [2.05, 4.69) is 48.0 Å². The fourth-order valence-corrected chi connectivity index (χ4v) is 4.61. The molecule has 1 aromatic carbocycles. The Morgan fingerprint density at radius 3 is 2.65 bits per heavy atom. The van der Waals surface area contributed by atoms with Crippen LogP contribution in [0.5, 0.6) is 0 Å². The molecule has 0 saturated carbocycles. The average Bonchev–Trinajstić information content (AvgIpc) is 3.42. The Labute approximate surface area is 187 Å². The van der Waals surface area contributed by atoms with Gasteiger partial charge < -0.3 is 10.1 Å². The molecule has 1 N–H and O–H groups in total. The number of nitrogens with zero attached hydrogens (tertiary/aromatic N) is 4. The Morgan fingerprint density at radius 2 is 1.94 bits per heavy atom. The molecular weight excluding hydrogens is 410 g/mol. The molecule has 8 heteroatoms. The first-order valence-corrected chi connectivity index (χ1v) is 11.4. The van der Waals surface area contributed by atoms with Gasteiger partial charge in [-0.25, -0.2) is 9.67 Å². The highest BCUT2D eigenvalue weighted by Gasteiger charge is 2.33. The molecule has 1 amide bonds. The second-order valence-corrected chi connectivity index (χ2v) is 9.56. The van der Waals surface area contributed by atoms with E-state index in [1.165, 1.54) is 11.3 Å². The minimum absolute atomic E-state index is 0.152. The maximum absolute atomic E-state index is 12.7. The van der Waals surface area contributed by atoms with Gasteiger partial charge in [-0.15, -0.1) is 11.3 Å². The third-order valence-corrected chi connectivity index (χ3v) is 6.44. The van der Waals surface area contributed by atoms with Crippen molar-refractivity contribution in [2.24, 2.45) is 0 Å². The Balaban J connectivity index is 1.39. The van der Waals surface area contributed by atoms with Crippen molar-refractivity contribution in [3.05, 3.63) is 53.8 Å². The molecular formula is C23H29N5O2S. The summed E-state index contributed by atoms with van der Waals surface area (Å²) in [5, 5.41) is 10.1. The summed E-state index contributed by atoms with van der Waals surface area (Å²) in [7, 11) is 0. The summed E-state index contributed by atoms with van der Waals surface area (Å²) >= 11 is 1.45. The van der Waals surface area contributed by atoms with Gasteiger partial charge in [0.1, 0.15) is 10.7 Å². The lowest BCUT2D eigenvalue weighted by Crippen LogP contribution is -2.58. The molecule has 1 saturated heterocycles. The number of hydrogen-bond donors (Lipinski definition) is 1. The van der Waals surface area contributed by atoms with E-state index < -0.39 is 0 Å². The van der Waals surface area contributed by atoms with Gasteiger partial charge in [0.05, 0.1) is 24.1 Å². The number of para-hydroxylation sites is 1. The third kappa shape index (κ3) is 5.03. The predicted molar refractivity (Wildman–Crippen MR) is 123 cm³/mol. The highest BCUT2D eigenvalue weighted by Crippen LogP contribution is 2.25. The van der Waals surface area contributed by atoms with Crippen LogP contribution in [0.15, 0.2) is 48.1 Å². The monoisotopic (exact) mass is 439 g/mol. The lowest BCUT2D eigenvalue weighted by molar-refractivity contribution is -0.0948. The Hall–Kier alpha value is -2.55. The van der Waals surface area contributed by atoms with Crippen LogP contribution in [-0.4, -0.2) is 63.0 Å². The van der Waals surface area contributed by atoms with Crippen LogP contribution in [0.2, 0.25) is 0 Å². The molecule has 7 nitrogen and oxygen atoms in total. The molecule has 1 aliphatic rings. The Bertz CT molecular complexity index is 1020. The summed E-state index contributed by atoms with van der Waals surface area (Å²) in [6.07, 6.45) is 4.09. The molecule has 2 atom stereocenters. The van der Waals surface area contributed by atoms with Gasteiger partial charge in [0.2, 0.25) is 0 Å². The second-order valence-electron chi connectivity index (χ2n) is 8.70. The van der Waals surface area contributed by atoms with Gasteiger partial charge in [0.15, 0.2) is 0 Å². The van der Waals surface area contributed by atoms with Crippen LogP contribution in [0.3, 0.4) is 0 Å². The van der Waals surface area contributed by atoms with Crippen LogP contribution in [0.25, 0.3) is 16.3 Å². The molecule has 3 aromatic rings. The number of aromatic nitrogens is 3. The van der Waals surface area contributed by atoms with Gasteiger partial charge in [-0.3, -0.25) is 9.69 Å². The lowest BCUT2D eigenvalue weighted by atomic mass is 10.00. The smallest absolute Gasteiger partial charge is 0.270 e. The van der Waals surface area contributed by atoms with E-state index >= 15 is 0 Å². The summed E-state index contributed by atoms with van der Waals surface area (Å²) in [4.78, 5) is 19.7. The maximum Gasteiger partial charge on any atom is 0.270 e. The normalized spacial score (nSPS) is 20.0. The minimum atomic E-state index is -0.169. The van der Waals surface area contributed by atoms with Crippen molar-refractivity contribution >= 4 is 17.2 Å². The second kappa shape index (κ2) is 8.90. The number of carbonyl (C=O) groups excluding carboxylic acids is 1. The molecule has 3 heterocycles. The lowest BCUT2D eigenvalue weighted by Gasteiger charge is -2.45. The number of carbonyl (C=O) groups is 1. The molecule has 0 bridgehead atoms. The molecule has 1 aliphatic heterocycles. The van der Waals surface area contributed by atoms with Gasteiger partial charge in [-0.2, -0.15) is 5.10 Å². The predicted octanol–water partition coefficient (Wildman–Crippen LogP) is 3.61. The molecule has 2 aromatic heterocycles. The first-order valence-electron chi connectivity index (χ1n) is 10.6. The van der Waals surface area contributed by atoms with Crippen LogP contribution >= 0.6 is 11.3 Å². The summed E-state index contributed by atoms with van der Waals surface area (Å²) in [5.41, 5.74) is 2.14. The van der Waals surface area contributed by atoms with E-state index in [-0.39, 0.29) is 23.7 Å². The summed E-state index contributed by atoms with van der Waals surface area (Å²) in [5.74, 6) is -0.152. The molecule has 0 radical (unpaired) electrons. The third-order valence-electron chi connectivity index (χ3n) is 5.54. The van der Waals surface area contributed by atoms with Crippen LogP contribution in [0, 0.1) is 0 Å². The summed E-state index contributed by atoms with van der Waals surface area (Å²) < 4.78 is 7.65. The van der Waals surface area contributed by atoms with Gasteiger partial charge in [-0.05, 0) is 39.8 Å². The number of ether oxygens (including phenoxy) is 1. The van der Waals surface area contributed by atoms with Crippen molar-refractivity contribution in [1.82, 2.24) is 25.0 Å². The molecule has 0 aliphatic carbocycles. The number of rotatable bonds is 6. The van der Waals surface area contributed by atoms with Gasteiger partial charge >= 0.3 is 0 Å². The van der Waals surface area contributed by atoms with E-state index in [9.17, 15) is 4.79 Å². The minimum Gasteiger partial charge on any atom is -0.373 e. The summed E-state index contributed by atoms with van der Waals surface area (Å²) in [6, 6.07) is 9.91. The Morgan fingerprint density at radius 1 is 1.23 bits per heavy atom. The number of amides is 1. The molecule has 164 valence electrons. The fraction of sp³-hybridized carbons (Fsp3) is 0.435. The van der Waals surface area contributed by atoms with Crippen molar-refractivity contribution in [3.8, 4) is 16.3 Å². The number of hydrogen-bond acceptors (Lipinski definition) is 6. The zero-order valence-electron chi connectivity index (χ0n) is 18.4. The first-order chi connectivity index (χ1) is 14.8. The van der Waals surface area contributed by atoms with Crippen molar-refractivity contribution < 1.29 is 9.53 Å². The van der Waals surface area contributed by atoms with Crippen molar-refractivity contribution in [2.45, 2.75) is 45.4 Å². The number of thiazole rings is 1. The van der Waals surface area contributed by atoms with Crippen LogP contribution in [0.1, 0.15) is 38.2 Å². The zero-order chi connectivity index (χ0) is 22.0. The van der Waals surface area contributed by atoms with Crippen molar-refractivity contribution in [1.29, 1.82) is 0 Å². The van der Waals surface area contributed by atoms with Gasteiger partial charge in [0.25, 0.3) is 5.91 Å². The fourth-order valence-electron chi connectivity index (χ4n) is 3.84. The van der Waals surface area contributed by atoms with Gasteiger partial charge in [-0.1, -0.05) is 18.2 Å². The Kier molecular flexibility index (Phi) is 6.22. The van der Waals surface area contributed by atoms with Gasteiger partial charge in [0, 0.05) is 42.3 Å². The van der Waals surface area contributed by atoms with E-state index in [1.54, 1.807) is 11.6 Å². The number of morpholine rings is 1. The molecule has 0 spiro atoms. The maximum atomic E-state index is 12.7. The number of nitrogens with one attached hydrogen (secondary N) is 1. The standard InChI is InChI=1S/C23H29N5O2S/c1-16-11-27(12-17(2)30-16)23(3,4)15-24-21(29)20-14-31-22(26-20)18-10-25-28(13-18)19-8-6-5-7-9-19/h5-10,13-14,16-17H,11-12,15H2,1-4H3,(H,24,29)/t16-,17+. The largest absolute Gasteiger partial charge is 0.373 e. The average molecular weight is 440 g/mol. The number of benzene rings is 1. The van der Waals surface area contributed by atoms with Crippen LogP contribution in [-0.2, 0) is 4.74 Å². The van der Waals surface area contributed by atoms with Crippen molar-refractivity contribution in [2.75, 3.05) is 19.6 Å². The molecule has 4 rings (SSSR count). The van der Waals surface area contributed by atoms with E-state index in [0.717, 1.165) is 29.3 Å². The SMILES string of the molecule is C[C@@H]1CN(C(C)(C)CNC(=O)c2csc(-c3cnn(-c4ccccc4)c3)n2)C[C@H](C)O1. The quantitative estimate of drug-likeness (QED) is 0.635. The van der Waals surface area contributed by atoms with Crippen molar-refractivity contribution in [3.63, 3.8) is 0 Å².